The summed E-state index contributed by atoms with van der Waals surface area (Å²) in [5, 5.41) is 17.8. The SMILES string of the molecule is CCC(Nc1nc(C2CCCCCC2)nc(N(N)c2ccc(O)c(F)c2)n1)C1CCCN1. The quantitative estimate of drug-likeness (QED) is 0.287. The molecule has 8 nitrogen and oxygen atoms in total. The number of nitrogens with two attached hydrogens (primary N) is 1. The lowest BCUT2D eigenvalue weighted by Crippen LogP contribution is -2.40. The Morgan fingerprint density at radius 2 is 1.94 bits per heavy atom. The van der Waals surface area contributed by atoms with Crippen molar-refractivity contribution in [2.75, 3.05) is 16.9 Å². The summed E-state index contributed by atoms with van der Waals surface area (Å²) in [6.07, 6.45) is 10.1. The molecule has 2 heterocycles. The maximum Gasteiger partial charge on any atom is 0.249 e. The van der Waals surface area contributed by atoms with Crippen LogP contribution in [0, 0.1) is 5.82 Å². The predicted molar refractivity (Wildman–Crippen MR) is 123 cm³/mol. The Morgan fingerprint density at radius 1 is 1.16 bits per heavy atom. The van der Waals surface area contributed by atoms with E-state index in [1.165, 1.54) is 42.5 Å². The van der Waals surface area contributed by atoms with Crippen molar-refractivity contribution in [2.24, 2.45) is 5.84 Å². The third-order valence-corrected chi connectivity index (χ3v) is 6.62. The molecule has 1 aliphatic carbocycles. The second kappa shape index (κ2) is 10.4. The molecule has 4 rings (SSSR count). The Balaban J connectivity index is 1.66. The van der Waals surface area contributed by atoms with Crippen LogP contribution >= 0.6 is 0 Å². The number of aromatic nitrogens is 3. The maximum absolute atomic E-state index is 13.9. The summed E-state index contributed by atoms with van der Waals surface area (Å²) in [5.41, 5.74) is 0.355. The number of halogens is 1. The van der Waals surface area contributed by atoms with E-state index in [1.807, 2.05) is 0 Å². The molecule has 1 aliphatic heterocycles. The molecule has 1 saturated carbocycles. The van der Waals surface area contributed by atoms with Crippen LogP contribution in [0.5, 0.6) is 5.75 Å². The number of aromatic hydroxyl groups is 1. The standard InChI is InChI=1S/C23H34FN7O/c1-2-18(19-10-7-13-26-19)27-22-28-21(15-8-5-3-4-6-9-15)29-23(30-22)31(25)16-11-12-20(32)17(24)14-16/h11-12,14-15,18-19,26,32H,2-10,13,25H2,1H3,(H,27,28,29,30). The van der Waals surface area contributed by atoms with Gasteiger partial charge in [-0.2, -0.15) is 15.0 Å². The first-order chi connectivity index (χ1) is 15.5. The smallest absolute Gasteiger partial charge is 0.249 e. The van der Waals surface area contributed by atoms with Gasteiger partial charge in [-0.1, -0.05) is 32.6 Å². The number of nitrogens with one attached hydrogen (secondary N) is 2. The van der Waals surface area contributed by atoms with Crippen molar-refractivity contribution >= 4 is 17.6 Å². The summed E-state index contributed by atoms with van der Waals surface area (Å²) in [6.45, 7) is 3.18. The van der Waals surface area contributed by atoms with E-state index in [4.69, 9.17) is 15.8 Å². The molecule has 0 spiro atoms. The minimum absolute atomic E-state index is 0.201. The van der Waals surface area contributed by atoms with Crippen LogP contribution in [0.25, 0.3) is 0 Å². The molecule has 1 aromatic heterocycles. The van der Waals surface area contributed by atoms with Crippen molar-refractivity contribution in [3.63, 3.8) is 0 Å². The van der Waals surface area contributed by atoms with E-state index < -0.39 is 11.6 Å². The fourth-order valence-electron chi connectivity index (χ4n) is 4.74. The molecular formula is C23H34FN7O. The molecule has 2 atom stereocenters. The number of rotatable bonds is 7. The first kappa shape index (κ1) is 22.7. The van der Waals surface area contributed by atoms with E-state index in [0.29, 0.717) is 17.7 Å². The van der Waals surface area contributed by atoms with Crippen molar-refractivity contribution in [2.45, 2.75) is 82.7 Å². The summed E-state index contributed by atoms with van der Waals surface area (Å²) in [7, 11) is 0. The summed E-state index contributed by atoms with van der Waals surface area (Å²) in [6, 6.07) is 4.57. The highest BCUT2D eigenvalue weighted by atomic mass is 19.1. The number of hydrogen-bond donors (Lipinski definition) is 4. The first-order valence-corrected chi connectivity index (χ1v) is 11.8. The van der Waals surface area contributed by atoms with Gasteiger partial charge in [-0.05, 0) is 50.8 Å². The Labute approximate surface area is 188 Å². The van der Waals surface area contributed by atoms with Gasteiger partial charge in [-0.25, -0.2) is 15.2 Å². The Kier molecular flexibility index (Phi) is 7.36. The van der Waals surface area contributed by atoms with E-state index in [0.717, 1.165) is 50.9 Å². The van der Waals surface area contributed by atoms with Crippen LogP contribution < -0.4 is 21.5 Å². The molecule has 0 amide bonds. The first-order valence-electron chi connectivity index (χ1n) is 11.8. The van der Waals surface area contributed by atoms with Crippen LogP contribution in [0.1, 0.15) is 76.5 Å². The van der Waals surface area contributed by atoms with Crippen LogP contribution in [-0.2, 0) is 0 Å². The number of benzene rings is 1. The van der Waals surface area contributed by atoms with E-state index >= 15 is 0 Å². The normalized spacial score (nSPS) is 20.7. The highest BCUT2D eigenvalue weighted by Gasteiger charge is 2.26. The Hall–Kier alpha value is -2.52. The largest absolute Gasteiger partial charge is 0.505 e. The molecule has 32 heavy (non-hydrogen) atoms. The zero-order valence-electron chi connectivity index (χ0n) is 18.7. The van der Waals surface area contributed by atoms with Crippen LogP contribution in [0.15, 0.2) is 18.2 Å². The van der Waals surface area contributed by atoms with Crippen molar-refractivity contribution in [3.8, 4) is 5.75 Å². The molecule has 5 N–H and O–H groups in total. The van der Waals surface area contributed by atoms with Crippen molar-refractivity contribution in [1.29, 1.82) is 0 Å². The lowest BCUT2D eigenvalue weighted by molar-refractivity contribution is 0.432. The monoisotopic (exact) mass is 443 g/mol. The van der Waals surface area contributed by atoms with E-state index in [1.54, 1.807) is 0 Å². The average Bonchev–Trinajstić information content (AvgIpc) is 3.20. The van der Waals surface area contributed by atoms with Crippen molar-refractivity contribution in [3.05, 3.63) is 29.8 Å². The van der Waals surface area contributed by atoms with E-state index in [9.17, 15) is 9.50 Å². The molecule has 2 fully saturated rings. The second-order valence-electron chi connectivity index (χ2n) is 8.87. The number of phenolic OH excluding ortho intramolecular Hbond substituents is 1. The summed E-state index contributed by atoms with van der Waals surface area (Å²) >= 11 is 0. The number of phenols is 1. The van der Waals surface area contributed by atoms with Gasteiger partial charge in [-0.15, -0.1) is 0 Å². The summed E-state index contributed by atoms with van der Waals surface area (Å²) in [4.78, 5) is 14.1. The van der Waals surface area contributed by atoms with Gasteiger partial charge in [-0.3, -0.25) is 0 Å². The second-order valence-corrected chi connectivity index (χ2v) is 8.87. The van der Waals surface area contributed by atoms with Gasteiger partial charge in [0, 0.05) is 24.1 Å². The van der Waals surface area contributed by atoms with Gasteiger partial charge >= 0.3 is 0 Å². The minimum atomic E-state index is -0.743. The van der Waals surface area contributed by atoms with Gasteiger partial charge in [0.25, 0.3) is 0 Å². The molecule has 0 radical (unpaired) electrons. The molecule has 2 aromatic rings. The van der Waals surface area contributed by atoms with Gasteiger partial charge < -0.3 is 15.7 Å². The van der Waals surface area contributed by atoms with Crippen LogP contribution in [-0.4, -0.2) is 38.7 Å². The van der Waals surface area contributed by atoms with Gasteiger partial charge in [0.15, 0.2) is 11.6 Å². The van der Waals surface area contributed by atoms with Gasteiger partial charge in [0.1, 0.15) is 5.82 Å². The van der Waals surface area contributed by atoms with Crippen molar-refractivity contribution < 1.29 is 9.50 Å². The highest BCUT2D eigenvalue weighted by Crippen LogP contribution is 2.32. The molecule has 0 bridgehead atoms. The average molecular weight is 444 g/mol. The molecule has 9 heteroatoms. The molecule has 2 unspecified atom stereocenters. The van der Waals surface area contributed by atoms with Gasteiger partial charge in [0.2, 0.25) is 11.9 Å². The summed E-state index contributed by atoms with van der Waals surface area (Å²) < 4.78 is 13.9. The van der Waals surface area contributed by atoms with E-state index in [2.05, 4.69) is 22.5 Å². The van der Waals surface area contributed by atoms with Gasteiger partial charge in [0.05, 0.1) is 5.69 Å². The van der Waals surface area contributed by atoms with Crippen molar-refractivity contribution in [1.82, 2.24) is 20.3 Å². The third kappa shape index (κ3) is 5.27. The zero-order chi connectivity index (χ0) is 22.5. The molecule has 174 valence electrons. The molecular weight excluding hydrogens is 409 g/mol. The number of hydrazine groups is 1. The number of anilines is 3. The highest BCUT2D eigenvalue weighted by molar-refractivity contribution is 5.57. The Bertz CT molecular complexity index is 898. The third-order valence-electron chi connectivity index (χ3n) is 6.62. The number of nitrogens with zero attached hydrogens (tertiary/aromatic N) is 4. The molecule has 2 aliphatic rings. The molecule has 1 saturated heterocycles. The lowest BCUT2D eigenvalue weighted by Gasteiger charge is -2.25. The fourth-order valence-corrected chi connectivity index (χ4v) is 4.74. The predicted octanol–water partition coefficient (Wildman–Crippen LogP) is 4.11. The fraction of sp³-hybridized carbons (Fsp3) is 0.609. The van der Waals surface area contributed by atoms with Crippen LogP contribution in [0.3, 0.4) is 0 Å². The molecule has 1 aromatic carbocycles. The zero-order valence-corrected chi connectivity index (χ0v) is 18.7. The topological polar surface area (TPSA) is 112 Å². The summed E-state index contributed by atoms with van der Waals surface area (Å²) in [5.74, 6) is 6.91. The number of hydrogen-bond acceptors (Lipinski definition) is 8. The lowest BCUT2D eigenvalue weighted by atomic mass is 10.00. The van der Waals surface area contributed by atoms with Crippen LogP contribution in [0.2, 0.25) is 0 Å². The maximum atomic E-state index is 13.9. The van der Waals surface area contributed by atoms with Crippen LogP contribution in [0.4, 0.5) is 22.0 Å². The van der Waals surface area contributed by atoms with E-state index in [-0.39, 0.29) is 17.9 Å². The minimum Gasteiger partial charge on any atom is -0.505 e. The Morgan fingerprint density at radius 3 is 2.59 bits per heavy atom.